The van der Waals surface area contributed by atoms with E-state index in [0.29, 0.717) is 42.1 Å². The normalized spacial score (nSPS) is 11.8. The summed E-state index contributed by atoms with van der Waals surface area (Å²) in [6.45, 7) is 4.86. The van der Waals surface area contributed by atoms with Crippen LogP contribution in [-0.4, -0.2) is 44.4 Å². The van der Waals surface area contributed by atoms with Gasteiger partial charge >= 0.3 is 0 Å². The van der Waals surface area contributed by atoms with E-state index < -0.39 is 9.84 Å². The maximum Gasteiger partial charge on any atom is 0.226 e. The molecule has 150 valence electrons. The Balaban J connectivity index is 0.00000364. The lowest BCUT2D eigenvalue weighted by Crippen LogP contribution is -2.37. The van der Waals surface area contributed by atoms with E-state index in [9.17, 15) is 8.42 Å². The molecule has 0 aliphatic carbocycles. The highest BCUT2D eigenvalue weighted by Gasteiger charge is 2.11. The molecule has 0 unspecified atom stereocenters. The van der Waals surface area contributed by atoms with E-state index in [1.54, 1.807) is 27.0 Å². The Morgan fingerprint density at radius 3 is 2.56 bits per heavy atom. The van der Waals surface area contributed by atoms with Crippen molar-refractivity contribution in [2.75, 3.05) is 19.8 Å². The highest BCUT2D eigenvalue weighted by molar-refractivity contribution is 14.0. The molecule has 0 saturated heterocycles. The van der Waals surface area contributed by atoms with Gasteiger partial charge in [0.05, 0.1) is 4.90 Å². The van der Waals surface area contributed by atoms with Crippen molar-refractivity contribution in [3.63, 3.8) is 0 Å². The molecule has 0 saturated carbocycles. The van der Waals surface area contributed by atoms with Crippen molar-refractivity contribution >= 4 is 39.8 Å². The molecule has 1 aromatic heterocycles. The average molecular weight is 507 g/mol. The number of guanidine groups is 1. The number of aliphatic imine (C=N–C) groups is 1. The van der Waals surface area contributed by atoms with E-state index in [4.69, 9.17) is 4.52 Å². The summed E-state index contributed by atoms with van der Waals surface area (Å²) in [7, 11) is -1.49. The smallest absolute Gasteiger partial charge is 0.226 e. The second-order valence-corrected chi connectivity index (χ2v) is 8.05. The first-order chi connectivity index (χ1) is 12.3. The van der Waals surface area contributed by atoms with Crippen LogP contribution in [0.2, 0.25) is 0 Å². The first kappa shape index (κ1) is 23.3. The number of aromatic nitrogens is 2. The molecule has 0 aliphatic heterocycles. The number of halogens is 1. The third-order valence-electron chi connectivity index (χ3n) is 3.75. The van der Waals surface area contributed by atoms with Crippen molar-refractivity contribution in [2.45, 2.75) is 38.1 Å². The Morgan fingerprint density at radius 1 is 1.26 bits per heavy atom. The summed E-state index contributed by atoms with van der Waals surface area (Å²) in [5, 5.41) is 10.2. The fourth-order valence-electron chi connectivity index (χ4n) is 2.53. The fraction of sp³-hybridized carbons (Fsp3) is 0.471. The van der Waals surface area contributed by atoms with Crippen molar-refractivity contribution in [2.24, 2.45) is 4.99 Å². The molecule has 8 nitrogen and oxygen atoms in total. The molecule has 0 bridgehead atoms. The first-order valence-corrected chi connectivity index (χ1v) is 10.2. The van der Waals surface area contributed by atoms with E-state index in [2.05, 4.69) is 25.8 Å². The summed E-state index contributed by atoms with van der Waals surface area (Å²) in [6, 6.07) is 5.32. The molecule has 0 spiro atoms. The predicted octanol–water partition coefficient (Wildman–Crippen LogP) is 2.01. The lowest BCUT2D eigenvalue weighted by molar-refractivity contribution is 0.372. The van der Waals surface area contributed by atoms with Gasteiger partial charge in [-0.25, -0.2) is 8.42 Å². The van der Waals surface area contributed by atoms with Crippen LogP contribution in [0.4, 0.5) is 0 Å². The lowest BCUT2D eigenvalue weighted by Gasteiger charge is -2.12. The van der Waals surface area contributed by atoms with Gasteiger partial charge in [-0.15, -0.1) is 24.0 Å². The van der Waals surface area contributed by atoms with Gasteiger partial charge in [0.2, 0.25) is 5.89 Å². The van der Waals surface area contributed by atoms with E-state index in [1.807, 2.05) is 12.1 Å². The second-order valence-electron chi connectivity index (χ2n) is 6.06. The third kappa shape index (κ3) is 7.45. The number of nitrogens with one attached hydrogen (secondary N) is 2. The van der Waals surface area contributed by atoms with Crippen molar-refractivity contribution in [1.82, 2.24) is 20.8 Å². The third-order valence-corrected chi connectivity index (χ3v) is 5.01. The summed E-state index contributed by atoms with van der Waals surface area (Å²) < 4.78 is 28.4. The topological polar surface area (TPSA) is 109 Å². The molecule has 2 rings (SSSR count). The number of aryl methyl sites for hydroxylation is 3. The maximum atomic E-state index is 11.7. The summed E-state index contributed by atoms with van der Waals surface area (Å²) >= 11 is 0. The summed E-state index contributed by atoms with van der Waals surface area (Å²) in [4.78, 5) is 8.70. The summed E-state index contributed by atoms with van der Waals surface area (Å²) in [5.74, 6) is 1.95. The standard InChI is InChI=1S/C17H25N5O3S.HI/c1-12-10-14(7-8-15(12)26(4,23)24)11-20-17(18-3)19-9-5-6-16-21-13(2)22-25-16;/h7-8,10H,5-6,9,11H2,1-4H3,(H2,18,19,20);1H. The van der Waals surface area contributed by atoms with Crippen molar-refractivity contribution in [1.29, 1.82) is 0 Å². The van der Waals surface area contributed by atoms with Crippen LogP contribution in [0, 0.1) is 13.8 Å². The molecule has 2 aromatic rings. The van der Waals surface area contributed by atoms with Crippen LogP contribution >= 0.6 is 24.0 Å². The molecule has 2 N–H and O–H groups in total. The van der Waals surface area contributed by atoms with Crippen LogP contribution in [0.5, 0.6) is 0 Å². The predicted molar refractivity (Wildman–Crippen MR) is 115 cm³/mol. The lowest BCUT2D eigenvalue weighted by atomic mass is 10.1. The Labute approximate surface area is 177 Å². The number of hydrogen-bond acceptors (Lipinski definition) is 6. The van der Waals surface area contributed by atoms with Crippen LogP contribution in [0.25, 0.3) is 0 Å². The van der Waals surface area contributed by atoms with Gasteiger partial charge in [0, 0.05) is 32.8 Å². The number of sulfone groups is 1. The maximum absolute atomic E-state index is 11.7. The Kier molecular flexibility index (Phi) is 9.16. The SMILES string of the molecule is CN=C(NCCCc1nc(C)no1)NCc1ccc(S(C)(=O)=O)c(C)c1.I. The van der Waals surface area contributed by atoms with E-state index in [-0.39, 0.29) is 24.0 Å². The highest BCUT2D eigenvalue weighted by atomic mass is 127. The van der Waals surface area contributed by atoms with Gasteiger partial charge < -0.3 is 15.2 Å². The molecule has 0 fully saturated rings. The minimum Gasteiger partial charge on any atom is -0.356 e. The molecule has 0 amide bonds. The molecule has 0 aliphatic rings. The zero-order valence-corrected chi connectivity index (χ0v) is 19.1. The van der Waals surface area contributed by atoms with Gasteiger partial charge in [-0.1, -0.05) is 17.3 Å². The number of benzene rings is 1. The zero-order chi connectivity index (χ0) is 19.2. The van der Waals surface area contributed by atoms with Crippen LogP contribution in [0.3, 0.4) is 0 Å². The van der Waals surface area contributed by atoms with Crippen LogP contribution < -0.4 is 10.6 Å². The van der Waals surface area contributed by atoms with Gasteiger partial charge in [0.15, 0.2) is 21.6 Å². The Bertz CT molecular complexity index is 880. The van der Waals surface area contributed by atoms with Gasteiger partial charge in [0.25, 0.3) is 0 Å². The van der Waals surface area contributed by atoms with Gasteiger partial charge in [-0.2, -0.15) is 4.98 Å². The Hall–Kier alpha value is -1.69. The molecule has 0 atom stereocenters. The molecule has 1 aromatic carbocycles. The van der Waals surface area contributed by atoms with Crippen molar-refractivity contribution < 1.29 is 12.9 Å². The molecule has 0 radical (unpaired) electrons. The van der Waals surface area contributed by atoms with Crippen LogP contribution in [0.15, 0.2) is 32.6 Å². The van der Waals surface area contributed by atoms with E-state index >= 15 is 0 Å². The minimum atomic E-state index is -3.20. The number of nitrogens with zero attached hydrogens (tertiary/aromatic N) is 3. The highest BCUT2D eigenvalue weighted by Crippen LogP contribution is 2.16. The molecule has 10 heteroatoms. The van der Waals surface area contributed by atoms with E-state index in [0.717, 1.165) is 17.5 Å². The molecular weight excluding hydrogens is 481 g/mol. The Morgan fingerprint density at radius 2 is 2.00 bits per heavy atom. The van der Waals surface area contributed by atoms with Gasteiger partial charge in [0.1, 0.15) is 0 Å². The molecular formula is C17H26IN5O3S. The fourth-order valence-corrected chi connectivity index (χ4v) is 3.49. The van der Waals surface area contributed by atoms with Gasteiger partial charge in [-0.3, -0.25) is 4.99 Å². The minimum absolute atomic E-state index is 0. The van der Waals surface area contributed by atoms with Crippen LogP contribution in [0.1, 0.15) is 29.3 Å². The monoisotopic (exact) mass is 507 g/mol. The van der Waals surface area contributed by atoms with Crippen molar-refractivity contribution in [3.8, 4) is 0 Å². The zero-order valence-electron chi connectivity index (χ0n) is 15.9. The number of hydrogen-bond donors (Lipinski definition) is 2. The molecule has 27 heavy (non-hydrogen) atoms. The van der Waals surface area contributed by atoms with Crippen LogP contribution in [-0.2, 0) is 22.8 Å². The number of rotatable bonds is 7. The summed E-state index contributed by atoms with van der Waals surface area (Å²) in [6.07, 6.45) is 2.76. The molecule has 1 heterocycles. The largest absolute Gasteiger partial charge is 0.356 e. The first-order valence-electron chi connectivity index (χ1n) is 8.33. The van der Waals surface area contributed by atoms with Gasteiger partial charge in [-0.05, 0) is 37.5 Å². The van der Waals surface area contributed by atoms with Crippen molar-refractivity contribution in [3.05, 3.63) is 41.0 Å². The van der Waals surface area contributed by atoms with E-state index in [1.165, 1.54) is 6.26 Å². The summed E-state index contributed by atoms with van der Waals surface area (Å²) in [5.41, 5.74) is 1.73. The quantitative estimate of drug-likeness (QED) is 0.255. The second kappa shape index (κ2) is 10.6. The average Bonchev–Trinajstić information content (AvgIpc) is 2.98.